The molecule has 26 heavy (non-hydrogen) atoms. The van der Waals surface area contributed by atoms with Crippen LogP contribution in [0.2, 0.25) is 0 Å². The maximum atomic E-state index is 13.5. The first-order chi connectivity index (χ1) is 12.7. The first-order valence-corrected chi connectivity index (χ1v) is 10.5. The Hall–Kier alpha value is -2.08. The molecule has 1 fully saturated rings. The number of hydrogen-bond acceptors (Lipinski definition) is 4. The molecule has 134 valence electrons. The van der Waals surface area contributed by atoms with Crippen LogP contribution in [0.3, 0.4) is 0 Å². The van der Waals surface area contributed by atoms with Crippen LogP contribution in [-0.2, 0) is 18.9 Å². The number of hydrogen-bond donors (Lipinski definition) is 0. The minimum Gasteiger partial charge on any atom is -0.280 e. The first-order valence-electron chi connectivity index (χ1n) is 9.27. The highest BCUT2D eigenvalue weighted by atomic mass is 32.2. The van der Waals surface area contributed by atoms with E-state index >= 15 is 0 Å². The number of rotatable bonds is 1. The molecule has 2 heterocycles. The molecule has 2 aromatic heterocycles. The Bertz CT molecular complexity index is 1080. The van der Waals surface area contributed by atoms with E-state index < -0.39 is 0 Å². The zero-order valence-electron chi connectivity index (χ0n) is 15.2. The van der Waals surface area contributed by atoms with E-state index in [4.69, 9.17) is 0 Å². The third-order valence-electron chi connectivity index (χ3n) is 6.22. The molecule has 3 aromatic rings. The van der Waals surface area contributed by atoms with Crippen molar-refractivity contribution >= 4 is 17.5 Å². The van der Waals surface area contributed by atoms with E-state index in [0.29, 0.717) is 5.78 Å². The Morgan fingerprint density at radius 1 is 1.12 bits per heavy atom. The van der Waals surface area contributed by atoms with Crippen LogP contribution in [0.5, 0.6) is 0 Å². The highest BCUT2D eigenvalue weighted by molar-refractivity contribution is 7.98. The predicted molar refractivity (Wildman–Crippen MR) is 104 cm³/mol. The lowest BCUT2D eigenvalue weighted by molar-refractivity contribution is 0.283. The summed E-state index contributed by atoms with van der Waals surface area (Å²) in [6.45, 7) is 0. The molecule has 1 saturated carbocycles. The fourth-order valence-corrected chi connectivity index (χ4v) is 5.50. The molecule has 1 aromatic carbocycles. The van der Waals surface area contributed by atoms with Crippen molar-refractivity contribution in [3.8, 4) is 11.3 Å². The monoisotopic (exact) mass is 366 g/mol. The van der Waals surface area contributed by atoms with Crippen molar-refractivity contribution in [1.82, 2.24) is 19.2 Å². The maximum absolute atomic E-state index is 13.5. The van der Waals surface area contributed by atoms with Gasteiger partial charge in [-0.25, -0.2) is 0 Å². The second kappa shape index (κ2) is 5.71. The summed E-state index contributed by atoms with van der Waals surface area (Å²) >= 11 is 1.58. The SMILES string of the molecule is CSc1nnc2n(C)c(=O)c3c(n12)-c1ccccc1CC31CCCCC1. The van der Waals surface area contributed by atoms with Crippen molar-refractivity contribution < 1.29 is 0 Å². The Kier molecular flexibility index (Phi) is 3.54. The van der Waals surface area contributed by atoms with Crippen molar-refractivity contribution in [2.45, 2.75) is 49.1 Å². The van der Waals surface area contributed by atoms with E-state index in [1.54, 1.807) is 16.3 Å². The second-order valence-electron chi connectivity index (χ2n) is 7.58. The average molecular weight is 366 g/mol. The van der Waals surface area contributed by atoms with Crippen LogP contribution in [0.4, 0.5) is 0 Å². The topological polar surface area (TPSA) is 52.2 Å². The first kappa shape index (κ1) is 16.1. The molecule has 0 bridgehead atoms. The van der Waals surface area contributed by atoms with E-state index in [-0.39, 0.29) is 11.0 Å². The molecule has 0 N–H and O–H groups in total. The largest absolute Gasteiger partial charge is 0.280 e. The lowest BCUT2D eigenvalue weighted by atomic mass is 9.62. The summed E-state index contributed by atoms with van der Waals surface area (Å²) in [4.78, 5) is 13.5. The maximum Gasteiger partial charge on any atom is 0.259 e. The molecular weight excluding hydrogens is 344 g/mol. The van der Waals surface area contributed by atoms with Gasteiger partial charge >= 0.3 is 0 Å². The van der Waals surface area contributed by atoms with Crippen molar-refractivity contribution in [1.29, 1.82) is 0 Å². The summed E-state index contributed by atoms with van der Waals surface area (Å²) < 4.78 is 3.80. The second-order valence-corrected chi connectivity index (χ2v) is 8.36. The Morgan fingerprint density at radius 2 is 1.88 bits per heavy atom. The summed E-state index contributed by atoms with van der Waals surface area (Å²) in [6.07, 6.45) is 8.81. The average Bonchev–Trinajstić information content (AvgIpc) is 3.10. The standard InChI is InChI=1S/C20H22N4OS/c1-23-17(25)15-16(24-18(23)21-22-19(24)26-2)14-9-5-4-8-13(14)12-20(15)10-6-3-7-11-20/h4-5,8-9H,3,6-7,10-12H2,1-2H3. The summed E-state index contributed by atoms with van der Waals surface area (Å²) in [5.41, 5.74) is 4.57. The number of nitrogens with zero attached hydrogens (tertiary/aromatic N) is 4. The summed E-state index contributed by atoms with van der Waals surface area (Å²) in [5.74, 6) is 0.626. The third-order valence-corrected chi connectivity index (χ3v) is 6.85. The highest BCUT2D eigenvalue weighted by Gasteiger charge is 2.43. The molecule has 0 radical (unpaired) electrons. The predicted octanol–water partition coefficient (Wildman–Crippen LogP) is 3.57. The van der Waals surface area contributed by atoms with Gasteiger partial charge in [0.05, 0.1) is 5.69 Å². The number of aryl methyl sites for hydroxylation is 1. The number of fused-ring (bicyclic) bond motifs is 6. The van der Waals surface area contributed by atoms with Crippen molar-refractivity contribution in [2.75, 3.05) is 6.26 Å². The highest BCUT2D eigenvalue weighted by Crippen LogP contribution is 2.49. The minimum absolute atomic E-state index is 0.0507. The molecule has 0 atom stereocenters. The number of aromatic nitrogens is 4. The van der Waals surface area contributed by atoms with Crippen molar-refractivity contribution in [3.63, 3.8) is 0 Å². The van der Waals surface area contributed by atoms with Gasteiger partial charge in [0.2, 0.25) is 5.78 Å². The van der Waals surface area contributed by atoms with Gasteiger partial charge in [0.15, 0.2) is 5.16 Å². The molecular formula is C20H22N4OS. The van der Waals surface area contributed by atoms with Gasteiger partial charge in [-0.1, -0.05) is 55.3 Å². The van der Waals surface area contributed by atoms with Crippen molar-refractivity contribution in [2.24, 2.45) is 7.05 Å². The van der Waals surface area contributed by atoms with E-state index in [9.17, 15) is 4.79 Å². The third kappa shape index (κ3) is 2.02. The van der Waals surface area contributed by atoms with Gasteiger partial charge in [-0.3, -0.25) is 13.8 Å². The van der Waals surface area contributed by atoms with E-state index in [1.807, 2.05) is 13.3 Å². The lowest BCUT2D eigenvalue weighted by Crippen LogP contribution is -2.43. The van der Waals surface area contributed by atoms with Gasteiger partial charge in [0, 0.05) is 23.6 Å². The van der Waals surface area contributed by atoms with Crippen LogP contribution in [0.25, 0.3) is 17.0 Å². The van der Waals surface area contributed by atoms with Gasteiger partial charge in [-0.2, -0.15) is 0 Å². The molecule has 5 nitrogen and oxygen atoms in total. The van der Waals surface area contributed by atoms with Gasteiger partial charge < -0.3 is 0 Å². The van der Waals surface area contributed by atoms with Gasteiger partial charge in [0.1, 0.15) is 0 Å². The summed E-state index contributed by atoms with van der Waals surface area (Å²) in [7, 11) is 1.83. The Balaban J connectivity index is 1.98. The summed E-state index contributed by atoms with van der Waals surface area (Å²) in [6, 6.07) is 8.54. The molecule has 5 rings (SSSR count). The lowest BCUT2D eigenvalue weighted by Gasteiger charge is -2.42. The van der Waals surface area contributed by atoms with Crippen LogP contribution in [-0.4, -0.2) is 25.4 Å². The zero-order valence-corrected chi connectivity index (χ0v) is 16.0. The minimum atomic E-state index is -0.0507. The van der Waals surface area contributed by atoms with E-state index in [1.165, 1.54) is 24.8 Å². The summed E-state index contributed by atoms with van der Waals surface area (Å²) in [5, 5.41) is 9.51. The van der Waals surface area contributed by atoms with Crippen LogP contribution in [0.1, 0.15) is 43.2 Å². The normalized spacial score (nSPS) is 18.1. The molecule has 0 aliphatic heterocycles. The number of thioether (sulfide) groups is 1. The van der Waals surface area contributed by atoms with Crippen LogP contribution in [0.15, 0.2) is 34.2 Å². The molecule has 6 heteroatoms. The van der Waals surface area contributed by atoms with Crippen LogP contribution >= 0.6 is 11.8 Å². The van der Waals surface area contributed by atoms with E-state index in [0.717, 1.165) is 41.2 Å². The van der Waals surface area contributed by atoms with Gasteiger partial charge in [-0.05, 0) is 31.1 Å². The molecule has 0 amide bonds. The molecule has 0 saturated heterocycles. The van der Waals surface area contributed by atoms with E-state index in [2.05, 4.69) is 38.9 Å². The smallest absolute Gasteiger partial charge is 0.259 e. The number of benzene rings is 1. The molecule has 2 aliphatic rings. The quantitative estimate of drug-likeness (QED) is 0.618. The van der Waals surface area contributed by atoms with Crippen molar-refractivity contribution in [3.05, 3.63) is 45.7 Å². The zero-order chi connectivity index (χ0) is 17.9. The van der Waals surface area contributed by atoms with Gasteiger partial charge in [-0.15, -0.1) is 10.2 Å². The molecule has 1 spiro atoms. The molecule has 0 unspecified atom stereocenters. The Morgan fingerprint density at radius 3 is 2.65 bits per heavy atom. The fourth-order valence-electron chi connectivity index (χ4n) is 5.03. The molecule has 2 aliphatic carbocycles. The Labute approximate surface area is 156 Å². The van der Waals surface area contributed by atoms with Gasteiger partial charge in [0.25, 0.3) is 5.56 Å². The fraction of sp³-hybridized carbons (Fsp3) is 0.450. The van der Waals surface area contributed by atoms with Crippen LogP contribution in [0, 0.1) is 0 Å². The van der Waals surface area contributed by atoms with Crippen LogP contribution < -0.4 is 5.56 Å².